The number of rotatable bonds is 2. The van der Waals surface area contributed by atoms with Crippen molar-refractivity contribution in [1.29, 1.82) is 0 Å². The van der Waals surface area contributed by atoms with E-state index in [9.17, 15) is 0 Å². The van der Waals surface area contributed by atoms with E-state index < -0.39 is 0 Å². The van der Waals surface area contributed by atoms with Gasteiger partial charge in [-0.2, -0.15) is 5.10 Å². The highest BCUT2D eigenvalue weighted by Crippen LogP contribution is 2.28. The quantitative estimate of drug-likeness (QED) is 0.869. The van der Waals surface area contributed by atoms with Gasteiger partial charge < -0.3 is 5.73 Å². The molecule has 0 amide bonds. The van der Waals surface area contributed by atoms with Crippen LogP contribution in [-0.2, 0) is 7.05 Å². The van der Waals surface area contributed by atoms with Gasteiger partial charge in [0.1, 0.15) is 0 Å². The van der Waals surface area contributed by atoms with E-state index in [0.717, 1.165) is 17.0 Å². The molecule has 0 spiro atoms. The summed E-state index contributed by atoms with van der Waals surface area (Å²) >= 11 is 1.74. The van der Waals surface area contributed by atoms with Crippen molar-refractivity contribution >= 4 is 11.3 Å². The summed E-state index contributed by atoms with van der Waals surface area (Å²) in [5.74, 6) is 0. The lowest BCUT2D eigenvalue weighted by Crippen LogP contribution is -2.13. The van der Waals surface area contributed by atoms with Crippen LogP contribution in [0.5, 0.6) is 0 Å². The van der Waals surface area contributed by atoms with Crippen molar-refractivity contribution in [3.05, 3.63) is 38.8 Å². The Labute approximate surface area is 99.9 Å². The van der Waals surface area contributed by atoms with Gasteiger partial charge in [-0.05, 0) is 37.8 Å². The first-order chi connectivity index (χ1) is 7.50. The van der Waals surface area contributed by atoms with Crippen LogP contribution in [0, 0.1) is 20.8 Å². The molecule has 0 aromatic carbocycles. The summed E-state index contributed by atoms with van der Waals surface area (Å²) in [6.45, 7) is 6.18. The Balaban J connectivity index is 2.44. The maximum absolute atomic E-state index is 6.30. The monoisotopic (exact) mass is 235 g/mol. The number of aromatic nitrogens is 2. The Bertz CT molecular complexity index is 510. The molecule has 1 atom stereocenters. The van der Waals surface area contributed by atoms with Crippen molar-refractivity contribution in [3.8, 4) is 0 Å². The Morgan fingerprint density at radius 3 is 2.50 bits per heavy atom. The molecule has 2 heterocycles. The number of aryl methyl sites for hydroxylation is 3. The molecule has 0 aliphatic carbocycles. The molecule has 2 rings (SSSR count). The van der Waals surface area contributed by atoms with Crippen molar-refractivity contribution in [2.75, 3.05) is 0 Å². The summed E-state index contributed by atoms with van der Waals surface area (Å²) in [5.41, 5.74) is 10.8. The normalized spacial score (nSPS) is 13.1. The fourth-order valence-electron chi connectivity index (χ4n) is 2.03. The first-order valence-corrected chi connectivity index (χ1v) is 6.19. The van der Waals surface area contributed by atoms with Crippen molar-refractivity contribution < 1.29 is 0 Å². The predicted molar refractivity (Wildman–Crippen MR) is 67.8 cm³/mol. The average molecular weight is 235 g/mol. The number of hydrogen-bond donors (Lipinski definition) is 1. The predicted octanol–water partition coefficient (Wildman–Crippen LogP) is 2.45. The molecule has 2 aromatic rings. The van der Waals surface area contributed by atoms with Crippen molar-refractivity contribution in [2.45, 2.75) is 26.8 Å². The van der Waals surface area contributed by atoms with Crippen LogP contribution in [-0.4, -0.2) is 9.78 Å². The molecule has 0 saturated carbocycles. The molecule has 86 valence electrons. The van der Waals surface area contributed by atoms with E-state index in [1.807, 2.05) is 18.7 Å². The Morgan fingerprint density at radius 2 is 2.06 bits per heavy atom. The molecule has 0 radical (unpaired) electrons. The lowest BCUT2D eigenvalue weighted by molar-refractivity contribution is 0.728. The van der Waals surface area contributed by atoms with Gasteiger partial charge in [-0.1, -0.05) is 0 Å². The van der Waals surface area contributed by atoms with Gasteiger partial charge in [-0.25, -0.2) is 0 Å². The summed E-state index contributed by atoms with van der Waals surface area (Å²) in [6.07, 6.45) is 0. The third kappa shape index (κ3) is 1.79. The maximum Gasteiger partial charge on any atom is 0.0647 e. The van der Waals surface area contributed by atoms with Crippen molar-refractivity contribution in [2.24, 2.45) is 12.8 Å². The standard InChI is InChI=1S/C12H17N3S/c1-7-5-10(6-16-7)12(13)11-8(2)14-15(4)9(11)3/h5-6,12H,13H2,1-4H3. The van der Waals surface area contributed by atoms with Crippen LogP contribution in [0.4, 0.5) is 0 Å². The van der Waals surface area contributed by atoms with Crippen LogP contribution in [0.3, 0.4) is 0 Å². The number of nitrogens with two attached hydrogens (primary N) is 1. The number of hydrogen-bond acceptors (Lipinski definition) is 3. The van der Waals surface area contributed by atoms with Crippen molar-refractivity contribution in [3.63, 3.8) is 0 Å². The van der Waals surface area contributed by atoms with Crippen LogP contribution in [0.1, 0.15) is 33.4 Å². The minimum absolute atomic E-state index is 0.0568. The largest absolute Gasteiger partial charge is 0.320 e. The summed E-state index contributed by atoms with van der Waals surface area (Å²) in [7, 11) is 1.96. The zero-order valence-electron chi connectivity index (χ0n) is 10.1. The van der Waals surface area contributed by atoms with Crippen LogP contribution in [0.25, 0.3) is 0 Å². The highest BCUT2D eigenvalue weighted by Gasteiger charge is 2.18. The van der Waals surface area contributed by atoms with Gasteiger partial charge in [0.15, 0.2) is 0 Å². The smallest absolute Gasteiger partial charge is 0.0647 e. The summed E-state index contributed by atoms with van der Waals surface area (Å²) < 4.78 is 1.89. The molecule has 0 fully saturated rings. The van der Waals surface area contributed by atoms with E-state index in [4.69, 9.17) is 5.73 Å². The molecular formula is C12H17N3S. The van der Waals surface area contributed by atoms with E-state index in [-0.39, 0.29) is 6.04 Å². The topological polar surface area (TPSA) is 43.8 Å². The Morgan fingerprint density at radius 1 is 1.38 bits per heavy atom. The fraction of sp³-hybridized carbons (Fsp3) is 0.417. The van der Waals surface area contributed by atoms with E-state index >= 15 is 0 Å². The van der Waals surface area contributed by atoms with E-state index in [0.29, 0.717) is 0 Å². The van der Waals surface area contributed by atoms with E-state index in [2.05, 4.69) is 30.4 Å². The second kappa shape index (κ2) is 4.03. The molecule has 1 unspecified atom stereocenters. The van der Waals surface area contributed by atoms with Gasteiger partial charge in [0, 0.05) is 23.2 Å². The number of nitrogens with zero attached hydrogens (tertiary/aromatic N) is 2. The summed E-state index contributed by atoms with van der Waals surface area (Å²) in [6, 6.07) is 2.10. The molecule has 4 heteroatoms. The molecule has 3 nitrogen and oxygen atoms in total. The number of thiophene rings is 1. The molecular weight excluding hydrogens is 218 g/mol. The van der Waals surface area contributed by atoms with Gasteiger partial charge in [0.05, 0.1) is 11.7 Å². The van der Waals surface area contributed by atoms with Crippen LogP contribution in [0.15, 0.2) is 11.4 Å². The van der Waals surface area contributed by atoms with Gasteiger partial charge >= 0.3 is 0 Å². The first kappa shape index (κ1) is 11.4. The molecule has 0 aliphatic rings. The minimum Gasteiger partial charge on any atom is -0.320 e. The molecule has 2 N–H and O–H groups in total. The SMILES string of the molecule is Cc1cc(C(N)c2c(C)nn(C)c2C)cs1. The lowest BCUT2D eigenvalue weighted by atomic mass is 10.0. The third-order valence-electron chi connectivity index (χ3n) is 2.99. The van der Waals surface area contributed by atoms with E-state index in [1.165, 1.54) is 10.4 Å². The maximum atomic E-state index is 6.30. The molecule has 0 aliphatic heterocycles. The minimum atomic E-state index is -0.0568. The Hall–Kier alpha value is -1.13. The lowest BCUT2D eigenvalue weighted by Gasteiger charge is -2.10. The molecule has 16 heavy (non-hydrogen) atoms. The average Bonchev–Trinajstić information content (AvgIpc) is 2.73. The molecule has 0 saturated heterocycles. The second-order valence-electron chi connectivity index (χ2n) is 4.18. The van der Waals surface area contributed by atoms with Crippen LogP contribution in [0.2, 0.25) is 0 Å². The second-order valence-corrected chi connectivity index (χ2v) is 5.29. The van der Waals surface area contributed by atoms with E-state index in [1.54, 1.807) is 11.3 Å². The molecule has 2 aromatic heterocycles. The van der Waals surface area contributed by atoms with Gasteiger partial charge in [0.2, 0.25) is 0 Å². The van der Waals surface area contributed by atoms with Crippen molar-refractivity contribution in [1.82, 2.24) is 9.78 Å². The molecule has 0 bridgehead atoms. The summed E-state index contributed by atoms with van der Waals surface area (Å²) in [4.78, 5) is 1.30. The van der Waals surface area contributed by atoms with Gasteiger partial charge in [0.25, 0.3) is 0 Å². The highest BCUT2D eigenvalue weighted by atomic mass is 32.1. The third-order valence-corrected chi connectivity index (χ3v) is 3.87. The van der Waals surface area contributed by atoms with Gasteiger partial charge in [-0.3, -0.25) is 4.68 Å². The zero-order chi connectivity index (χ0) is 11.9. The van der Waals surface area contributed by atoms with Crippen LogP contribution < -0.4 is 5.73 Å². The zero-order valence-corrected chi connectivity index (χ0v) is 10.9. The Kier molecular flexibility index (Phi) is 2.86. The van der Waals surface area contributed by atoms with Crippen LogP contribution >= 0.6 is 11.3 Å². The summed E-state index contributed by atoms with van der Waals surface area (Å²) in [5, 5.41) is 6.53. The highest BCUT2D eigenvalue weighted by molar-refractivity contribution is 7.10. The first-order valence-electron chi connectivity index (χ1n) is 5.31. The fourth-order valence-corrected chi connectivity index (χ4v) is 2.77. The van der Waals surface area contributed by atoms with Gasteiger partial charge in [-0.15, -0.1) is 11.3 Å².